The first kappa shape index (κ1) is 17.1. The highest BCUT2D eigenvalue weighted by molar-refractivity contribution is 7.89. The average Bonchev–Trinajstić information content (AvgIpc) is 2.74. The number of sulfonamides is 1. The molecule has 1 aromatic heterocycles. The predicted molar refractivity (Wildman–Crippen MR) is 78.9 cm³/mol. The van der Waals surface area contributed by atoms with E-state index in [1.165, 1.54) is 0 Å². The van der Waals surface area contributed by atoms with Crippen molar-refractivity contribution in [2.24, 2.45) is 7.05 Å². The molecule has 1 heterocycles. The second kappa shape index (κ2) is 8.33. The van der Waals surface area contributed by atoms with E-state index in [-0.39, 0.29) is 5.75 Å². The van der Waals surface area contributed by atoms with Crippen molar-refractivity contribution in [1.29, 1.82) is 0 Å². The molecule has 0 aliphatic carbocycles. The van der Waals surface area contributed by atoms with Crippen LogP contribution in [0.2, 0.25) is 0 Å². The van der Waals surface area contributed by atoms with Gasteiger partial charge in [-0.05, 0) is 19.4 Å². The predicted octanol–water partition coefficient (Wildman–Crippen LogP) is 0.0552. The SMILES string of the molecule is CC(C)NCCCCS(=O)(=O)NCCc1nncn1C. The molecule has 0 saturated heterocycles. The van der Waals surface area contributed by atoms with E-state index in [4.69, 9.17) is 0 Å². The van der Waals surface area contributed by atoms with Crippen LogP contribution in [0.25, 0.3) is 0 Å². The number of hydrogen-bond donors (Lipinski definition) is 2. The summed E-state index contributed by atoms with van der Waals surface area (Å²) >= 11 is 0. The van der Waals surface area contributed by atoms with Gasteiger partial charge in [0.15, 0.2) is 0 Å². The van der Waals surface area contributed by atoms with E-state index < -0.39 is 10.0 Å². The zero-order chi connectivity index (χ0) is 15.0. The molecule has 0 bridgehead atoms. The molecule has 20 heavy (non-hydrogen) atoms. The number of hydrogen-bond acceptors (Lipinski definition) is 5. The molecule has 8 heteroatoms. The summed E-state index contributed by atoms with van der Waals surface area (Å²) in [6.07, 6.45) is 3.68. The molecule has 0 aromatic carbocycles. The van der Waals surface area contributed by atoms with E-state index in [2.05, 4.69) is 34.1 Å². The van der Waals surface area contributed by atoms with Crippen LogP contribution in [0.15, 0.2) is 6.33 Å². The standard InChI is InChI=1S/C12H25N5O2S/c1-11(2)13-7-4-5-9-20(18,19)15-8-6-12-16-14-10-17(12)3/h10-11,13,15H,4-9H2,1-3H3. The minimum Gasteiger partial charge on any atom is -0.321 e. The van der Waals surface area contributed by atoms with E-state index in [0.717, 1.165) is 18.8 Å². The fraction of sp³-hybridized carbons (Fsp3) is 0.833. The molecule has 0 aliphatic rings. The van der Waals surface area contributed by atoms with Gasteiger partial charge >= 0.3 is 0 Å². The molecule has 0 spiro atoms. The maximum atomic E-state index is 11.8. The molecule has 7 nitrogen and oxygen atoms in total. The lowest BCUT2D eigenvalue weighted by Gasteiger charge is -2.08. The highest BCUT2D eigenvalue weighted by atomic mass is 32.2. The number of nitrogens with zero attached hydrogens (tertiary/aromatic N) is 3. The minimum atomic E-state index is -3.18. The summed E-state index contributed by atoms with van der Waals surface area (Å²) < 4.78 is 27.9. The highest BCUT2D eigenvalue weighted by Crippen LogP contribution is 1.96. The number of aryl methyl sites for hydroxylation is 1. The van der Waals surface area contributed by atoms with Crippen LogP contribution < -0.4 is 10.0 Å². The Kier molecular flexibility index (Phi) is 7.11. The summed E-state index contributed by atoms with van der Waals surface area (Å²) in [7, 11) is -1.34. The Labute approximate surface area is 121 Å². The van der Waals surface area contributed by atoms with Crippen molar-refractivity contribution in [2.75, 3.05) is 18.8 Å². The molecule has 1 aromatic rings. The molecule has 0 atom stereocenters. The van der Waals surface area contributed by atoms with Gasteiger partial charge in [-0.3, -0.25) is 0 Å². The highest BCUT2D eigenvalue weighted by Gasteiger charge is 2.10. The van der Waals surface area contributed by atoms with E-state index in [9.17, 15) is 8.42 Å². The Morgan fingerprint density at radius 3 is 2.65 bits per heavy atom. The van der Waals surface area contributed by atoms with Crippen molar-refractivity contribution in [3.8, 4) is 0 Å². The third-order valence-electron chi connectivity index (χ3n) is 2.87. The summed E-state index contributed by atoms with van der Waals surface area (Å²) in [6.45, 7) is 5.36. The molecule has 0 aliphatic heterocycles. The molecule has 1 rings (SSSR count). The Hall–Kier alpha value is -0.990. The number of nitrogens with one attached hydrogen (secondary N) is 2. The monoisotopic (exact) mass is 303 g/mol. The quantitative estimate of drug-likeness (QED) is 0.597. The summed E-state index contributed by atoms with van der Waals surface area (Å²) in [6, 6.07) is 0.441. The molecule has 0 fully saturated rings. The van der Waals surface area contributed by atoms with Crippen molar-refractivity contribution < 1.29 is 8.42 Å². The van der Waals surface area contributed by atoms with Gasteiger partial charge in [0.2, 0.25) is 10.0 Å². The summed E-state index contributed by atoms with van der Waals surface area (Å²) in [4.78, 5) is 0. The van der Waals surface area contributed by atoms with E-state index in [0.29, 0.717) is 25.4 Å². The van der Waals surface area contributed by atoms with Crippen molar-refractivity contribution in [1.82, 2.24) is 24.8 Å². The van der Waals surface area contributed by atoms with Gasteiger partial charge < -0.3 is 9.88 Å². The van der Waals surface area contributed by atoms with Crippen LogP contribution in [0, 0.1) is 0 Å². The number of aromatic nitrogens is 3. The van der Waals surface area contributed by atoms with Crippen LogP contribution in [0.4, 0.5) is 0 Å². The number of unbranched alkanes of at least 4 members (excludes halogenated alkanes) is 1. The van der Waals surface area contributed by atoms with Gasteiger partial charge in [-0.15, -0.1) is 10.2 Å². The molecular weight excluding hydrogens is 278 g/mol. The normalized spacial score (nSPS) is 12.2. The van der Waals surface area contributed by atoms with Crippen LogP contribution in [-0.2, 0) is 23.5 Å². The van der Waals surface area contributed by atoms with Crippen molar-refractivity contribution in [2.45, 2.75) is 39.2 Å². The lowest BCUT2D eigenvalue weighted by Crippen LogP contribution is -2.29. The van der Waals surface area contributed by atoms with Crippen molar-refractivity contribution in [3.63, 3.8) is 0 Å². The fourth-order valence-electron chi connectivity index (χ4n) is 1.73. The van der Waals surface area contributed by atoms with Gasteiger partial charge in [-0.2, -0.15) is 0 Å². The minimum absolute atomic E-state index is 0.172. The van der Waals surface area contributed by atoms with Crippen LogP contribution in [0.5, 0.6) is 0 Å². The zero-order valence-electron chi connectivity index (χ0n) is 12.5. The molecule has 0 unspecified atom stereocenters. The smallest absolute Gasteiger partial charge is 0.211 e. The van der Waals surface area contributed by atoms with E-state index in [1.54, 1.807) is 10.9 Å². The molecule has 116 valence electrons. The van der Waals surface area contributed by atoms with Crippen LogP contribution in [0.3, 0.4) is 0 Å². The largest absolute Gasteiger partial charge is 0.321 e. The summed E-state index contributed by atoms with van der Waals surface area (Å²) in [5.74, 6) is 0.944. The van der Waals surface area contributed by atoms with Crippen LogP contribution in [0.1, 0.15) is 32.5 Å². The van der Waals surface area contributed by atoms with E-state index >= 15 is 0 Å². The average molecular weight is 303 g/mol. The Bertz CT molecular complexity index is 484. The molecular formula is C12H25N5O2S. The number of rotatable bonds is 10. The third-order valence-corrected chi connectivity index (χ3v) is 4.34. The zero-order valence-corrected chi connectivity index (χ0v) is 13.3. The summed E-state index contributed by atoms with van der Waals surface area (Å²) in [5, 5.41) is 10.9. The van der Waals surface area contributed by atoms with Crippen molar-refractivity contribution in [3.05, 3.63) is 12.2 Å². The Balaban J connectivity index is 2.16. The van der Waals surface area contributed by atoms with Crippen LogP contribution in [-0.4, -0.2) is 48.1 Å². The molecule has 0 radical (unpaired) electrons. The molecule has 0 amide bonds. The Morgan fingerprint density at radius 2 is 2.05 bits per heavy atom. The second-order valence-corrected chi connectivity index (χ2v) is 7.06. The van der Waals surface area contributed by atoms with Gasteiger partial charge in [-0.25, -0.2) is 13.1 Å². The fourth-order valence-corrected chi connectivity index (χ4v) is 2.87. The van der Waals surface area contributed by atoms with Gasteiger partial charge in [0.25, 0.3) is 0 Å². The first-order valence-electron chi connectivity index (χ1n) is 6.94. The maximum Gasteiger partial charge on any atom is 0.211 e. The maximum absolute atomic E-state index is 11.8. The first-order valence-corrected chi connectivity index (χ1v) is 8.59. The van der Waals surface area contributed by atoms with Crippen LogP contribution >= 0.6 is 0 Å². The van der Waals surface area contributed by atoms with Gasteiger partial charge in [0.05, 0.1) is 5.75 Å². The van der Waals surface area contributed by atoms with Gasteiger partial charge in [0.1, 0.15) is 12.2 Å². The molecule has 0 saturated carbocycles. The molecule has 2 N–H and O–H groups in total. The van der Waals surface area contributed by atoms with Crippen molar-refractivity contribution >= 4 is 10.0 Å². The second-order valence-electron chi connectivity index (χ2n) is 5.14. The third kappa shape index (κ3) is 6.97. The van der Waals surface area contributed by atoms with Gasteiger partial charge in [0, 0.05) is 26.1 Å². The first-order chi connectivity index (χ1) is 9.41. The Morgan fingerprint density at radius 1 is 1.30 bits per heavy atom. The lowest BCUT2D eigenvalue weighted by atomic mass is 10.3. The topological polar surface area (TPSA) is 88.9 Å². The van der Waals surface area contributed by atoms with Gasteiger partial charge in [-0.1, -0.05) is 13.8 Å². The lowest BCUT2D eigenvalue weighted by molar-refractivity contribution is 0.555. The van der Waals surface area contributed by atoms with E-state index in [1.807, 2.05) is 7.05 Å². The summed E-state index contributed by atoms with van der Waals surface area (Å²) in [5.41, 5.74) is 0.